The molecule has 0 amide bonds. The van der Waals surface area contributed by atoms with E-state index in [9.17, 15) is 0 Å². The molecular weight excluding hydrogens is 226 g/mol. The fraction of sp³-hybridized carbons (Fsp3) is 0.600. The zero-order valence-electron chi connectivity index (χ0n) is 11.5. The molecule has 0 heterocycles. The molecule has 96 valence electrons. The van der Waals surface area contributed by atoms with Crippen LogP contribution in [-0.2, 0) is 0 Å². The molecule has 1 nitrogen and oxygen atoms in total. The van der Waals surface area contributed by atoms with Crippen LogP contribution >= 0.6 is 11.8 Å². The summed E-state index contributed by atoms with van der Waals surface area (Å²) in [7, 11) is 0. The fourth-order valence-corrected chi connectivity index (χ4v) is 2.70. The van der Waals surface area contributed by atoms with Crippen LogP contribution in [0.1, 0.15) is 45.7 Å². The van der Waals surface area contributed by atoms with Crippen LogP contribution in [0, 0.1) is 5.92 Å². The predicted molar refractivity (Wildman–Crippen MR) is 78.7 cm³/mol. The van der Waals surface area contributed by atoms with Crippen molar-refractivity contribution in [2.24, 2.45) is 5.92 Å². The highest BCUT2D eigenvalue weighted by Crippen LogP contribution is 2.26. The average molecular weight is 251 g/mol. The van der Waals surface area contributed by atoms with Crippen molar-refractivity contribution in [2.75, 3.05) is 12.3 Å². The Morgan fingerprint density at radius 1 is 1.12 bits per heavy atom. The Kier molecular flexibility index (Phi) is 6.68. The molecule has 0 spiro atoms. The average Bonchev–Trinajstić information content (AvgIpc) is 2.37. The van der Waals surface area contributed by atoms with Gasteiger partial charge in [0.15, 0.2) is 0 Å². The van der Waals surface area contributed by atoms with E-state index < -0.39 is 0 Å². The van der Waals surface area contributed by atoms with E-state index >= 15 is 0 Å². The lowest BCUT2D eigenvalue weighted by Crippen LogP contribution is -2.26. The van der Waals surface area contributed by atoms with Crippen molar-refractivity contribution in [2.45, 2.75) is 45.1 Å². The number of hydrogen-bond acceptors (Lipinski definition) is 2. The maximum atomic E-state index is 3.59. The Hall–Kier alpha value is -0.470. The Balaban J connectivity index is 2.79. The summed E-state index contributed by atoms with van der Waals surface area (Å²) in [4.78, 5) is 1.37. The minimum Gasteiger partial charge on any atom is -0.310 e. The first-order chi connectivity index (χ1) is 8.22. The van der Waals surface area contributed by atoms with Gasteiger partial charge in [0.1, 0.15) is 0 Å². The summed E-state index contributed by atoms with van der Waals surface area (Å²) < 4.78 is 0. The zero-order valence-corrected chi connectivity index (χ0v) is 12.3. The molecule has 2 unspecified atom stereocenters. The highest BCUT2D eigenvalue weighted by Gasteiger charge is 2.16. The first kappa shape index (κ1) is 14.6. The summed E-state index contributed by atoms with van der Waals surface area (Å²) in [6, 6.07) is 9.53. The summed E-state index contributed by atoms with van der Waals surface area (Å²) in [5.41, 5.74) is 1.42. The van der Waals surface area contributed by atoms with E-state index in [0.717, 1.165) is 12.3 Å². The standard InChI is InChI=1S/C15H25NS/c1-5-12(4)15(16-6-2)13-8-10-14(11-9-13)17-7-3/h8-12,15-16H,5-7H2,1-4H3. The second-order valence-electron chi connectivity index (χ2n) is 4.42. The van der Waals surface area contributed by atoms with Gasteiger partial charge in [0.2, 0.25) is 0 Å². The normalized spacial score (nSPS) is 14.6. The molecule has 2 heteroatoms. The van der Waals surface area contributed by atoms with E-state index in [2.05, 4.69) is 57.3 Å². The Labute approximate surface area is 110 Å². The van der Waals surface area contributed by atoms with E-state index in [4.69, 9.17) is 0 Å². The third-order valence-electron chi connectivity index (χ3n) is 3.19. The van der Waals surface area contributed by atoms with Crippen molar-refractivity contribution >= 4 is 11.8 Å². The predicted octanol–water partition coefficient (Wildman–Crippen LogP) is 4.50. The third kappa shape index (κ3) is 4.36. The molecule has 1 rings (SSSR count). The minimum atomic E-state index is 0.491. The van der Waals surface area contributed by atoms with Crippen molar-refractivity contribution < 1.29 is 0 Å². The van der Waals surface area contributed by atoms with E-state index in [1.54, 1.807) is 0 Å². The molecule has 0 fully saturated rings. The largest absolute Gasteiger partial charge is 0.310 e. The molecule has 0 bridgehead atoms. The molecule has 17 heavy (non-hydrogen) atoms. The lowest BCUT2D eigenvalue weighted by molar-refractivity contribution is 0.384. The molecule has 0 aromatic heterocycles. The van der Waals surface area contributed by atoms with E-state index in [1.807, 2.05) is 11.8 Å². The van der Waals surface area contributed by atoms with Crippen LogP contribution < -0.4 is 5.32 Å². The molecule has 2 atom stereocenters. The summed E-state index contributed by atoms with van der Waals surface area (Å²) in [6.45, 7) is 9.98. The molecule has 0 aliphatic heterocycles. The van der Waals surface area contributed by atoms with Gasteiger partial charge in [-0.2, -0.15) is 0 Å². The van der Waals surface area contributed by atoms with Crippen LogP contribution in [0.5, 0.6) is 0 Å². The summed E-state index contributed by atoms with van der Waals surface area (Å²) >= 11 is 1.90. The number of thioether (sulfide) groups is 1. The van der Waals surface area contributed by atoms with Gasteiger partial charge in [-0.05, 0) is 35.9 Å². The van der Waals surface area contributed by atoms with Crippen molar-refractivity contribution in [1.82, 2.24) is 5.32 Å². The molecule has 0 aliphatic rings. The number of nitrogens with one attached hydrogen (secondary N) is 1. The summed E-state index contributed by atoms with van der Waals surface area (Å²) in [5.74, 6) is 1.82. The van der Waals surface area contributed by atoms with Crippen LogP contribution in [0.15, 0.2) is 29.2 Å². The van der Waals surface area contributed by atoms with Gasteiger partial charge in [-0.25, -0.2) is 0 Å². The molecule has 0 aliphatic carbocycles. The van der Waals surface area contributed by atoms with Crippen LogP contribution in [0.3, 0.4) is 0 Å². The Morgan fingerprint density at radius 2 is 1.76 bits per heavy atom. The molecule has 0 saturated heterocycles. The number of rotatable bonds is 7. The molecule has 1 aromatic rings. The monoisotopic (exact) mass is 251 g/mol. The van der Waals surface area contributed by atoms with Crippen LogP contribution in [0.2, 0.25) is 0 Å². The van der Waals surface area contributed by atoms with E-state index in [-0.39, 0.29) is 0 Å². The highest BCUT2D eigenvalue weighted by molar-refractivity contribution is 7.99. The van der Waals surface area contributed by atoms with Crippen molar-refractivity contribution in [3.63, 3.8) is 0 Å². The van der Waals surface area contributed by atoms with Gasteiger partial charge < -0.3 is 5.32 Å². The van der Waals surface area contributed by atoms with Crippen molar-refractivity contribution in [1.29, 1.82) is 0 Å². The van der Waals surface area contributed by atoms with Crippen molar-refractivity contribution in [3.05, 3.63) is 29.8 Å². The second-order valence-corrected chi connectivity index (χ2v) is 5.76. The first-order valence-electron chi connectivity index (χ1n) is 6.69. The van der Waals surface area contributed by atoms with E-state index in [1.165, 1.54) is 16.9 Å². The van der Waals surface area contributed by atoms with Crippen molar-refractivity contribution in [3.8, 4) is 0 Å². The quantitative estimate of drug-likeness (QED) is 0.716. The third-order valence-corrected chi connectivity index (χ3v) is 4.08. The smallest absolute Gasteiger partial charge is 0.0345 e. The second kappa shape index (κ2) is 7.78. The van der Waals surface area contributed by atoms with Gasteiger partial charge in [0.25, 0.3) is 0 Å². The topological polar surface area (TPSA) is 12.0 Å². The zero-order chi connectivity index (χ0) is 12.7. The SMILES string of the molecule is CCNC(c1ccc(SCC)cc1)C(C)CC. The molecule has 0 radical (unpaired) electrons. The van der Waals surface area contributed by atoms with Gasteiger partial charge in [0, 0.05) is 10.9 Å². The van der Waals surface area contributed by atoms with E-state index in [0.29, 0.717) is 12.0 Å². The summed E-state index contributed by atoms with van der Waals surface area (Å²) in [6.07, 6.45) is 1.21. The van der Waals surface area contributed by atoms with Gasteiger partial charge in [-0.3, -0.25) is 0 Å². The lowest BCUT2D eigenvalue weighted by Gasteiger charge is -2.24. The number of benzene rings is 1. The van der Waals surface area contributed by atoms with Gasteiger partial charge in [-0.15, -0.1) is 11.8 Å². The molecule has 1 N–H and O–H groups in total. The van der Waals surface area contributed by atoms with Crippen LogP contribution in [-0.4, -0.2) is 12.3 Å². The van der Waals surface area contributed by atoms with Gasteiger partial charge >= 0.3 is 0 Å². The van der Waals surface area contributed by atoms with Crippen LogP contribution in [0.25, 0.3) is 0 Å². The lowest BCUT2D eigenvalue weighted by atomic mass is 9.92. The summed E-state index contributed by atoms with van der Waals surface area (Å²) in [5, 5.41) is 3.59. The maximum absolute atomic E-state index is 3.59. The van der Waals surface area contributed by atoms with Gasteiger partial charge in [0.05, 0.1) is 0 Å². The Bertz CT molecular complexity index is 307. The molecule has 1 aromatic carbocycles. The first-order valence-corrected chi connectivity index (χ1v) is 7.67. The molecular formula is C15H25NS. The molecule has 0 saturated carbocycles. The fourth-order valence-electron chi connectivity index (χ4n) is 2.04. The van der Waals surface area contributed by atoms with Gasteiger partial charge in [-0.1, -0.05) is 46.2 Å². The maximum Gasteiger partial charge on any atom is 0.0345 e. The highest BCUT2D eigenvalue weighted by atomic mass is 32.2. The minimum absolute atomic E-state index is 0.491. The number of hydrogen-bond donors (Lipinski definition) is 1. The Morgan fingerprint density at radius 3 is 2.24 bits per heavy atom. The van der Waals surface area contributed by atoms with Crippen LogP contribution in [0.4, 0.5) is 0 Å².